The summed E-state index contributed by atoms with van der Waals surface area (Å²) >= 11 is 0. The molecule has 1 N–H and O–H groups in total. The third-order valence-corrected chi connectivity index (χ3v) is 6.77. The largest absolute Gasteiger partial charge is 0.444 e. The van der Waals surface area contributed by atoms with E-state index in [2.05, 4.69) is 30.2 Å². The van der Waals surface area contributed by atoms with Crippen LogP contribution in [0.5, 0.6) is 0 Å². The van der Waals surface area contributed by atoms with Gasteiger partial charge in [0.25, 0.3) is 0 Å². The van der Waals surface area contributed by atoms with E-state index in [1.54, 1.807) is 23.4 Å². The number of carbonyl (C=O) groups excluding carboxylic acids is 1. The lowest BCUT2D eigenvalue weighted by atomic mass is 9.99. The number of nitrogens with zero attached hydrogens (tertiary/aromatic N) is 7. The average Bonchev–Trinajstić information content (AvgIpc) is 2.88. The van der Waals surface area contributed by atoms with Gasteiger partial charge in [0, 0.05) is 74.1 Å². The lowest BCUT2D eigenvalue weighted by molar-refractivity contribution is 0.0210. The van der Waals surface area contributed by atoms with Crippen LogP contribution in [0, 0.1) is 5.95 Å². The van der Waals surface area contributed by atoms with Gasteiger partial charge in [-0.1, -0.05) is 0 Å². The van der Waals surface area contributed by atoms with Crippen molar-refractivity contribution >= 4 is 17.6 Å². The van der Waals surface area contributed by atoms with Crippen molar-refractivity contribution < 1.29 is 13.9 Å². The number of fused-ring (bicyclic) bond motifs is 1. The van der Waals surface area contributed by atoms with Gasteiger partial charge in [0.15, 0.2) is 11.6 Å². The van der Waals surface area contributed by atoms with Gasteiger partial charge >= 0.3 is 6.09 Å². The number of halogens is 1. The third-order valence-electron chi connectivity index (χ3n) is 6.77. The quantitative estimate of drug-likeness (QED) is 0.501. The van der Waals surface area contributed by atoms with Crippen molar-refractivity contribution in [1.29, 1.82) is 0 Å². The standard InChI is InChI=1S/C27H33FN8O2/c1-17-20-16-31-25(24-29-9-5-10-30-24)33-21(20)8-13-36(17)23-15-19(14-22(28)34-23)32-18-6-11-35(12-7-18)26(37)38-27(2,3)4/h5,9-10,14-18H,6-8,11-13H2,1-4H3,(H,32,34). The molecule has 5 heterocycles. The second kappa shape index (κ2) is 10.5. The predicted molar refractivity (Wildman–Crippen MR) is 141 cm³/mol. The van der Waals surface area contributed by atoms with Gasteiger partial charge in [-0.25, -0.2) is 29.7 Å². The molecule has 1 fully saturated rings. The van der Waals surface area contributed by atoms with E-state index in [1.807, 2.05) is 40.0 Å². The second-order valence-corrected chi connectivity index (χ2v) is 10.7. The number of rotatable bonds is 4. The van der Waals surface area contributed by atoms with Crippen LogP contribution in [0.4, 0.5) is 20.7 Å². The van der Waals surface area contributed by atoms with Crippen molar-refractivity contribution in [2.24, 2.45) is 0 Å². The molecule has 200 valence electrons. The maximum atomic E-state index is 14.6. The van der Waals surface area contributed by atoms with Crippen LogP contribution in [-0.4, -0.2) is 67.2 Å². The smallest absolute Gasteiger partial charge is 0.410 e. The molecule has 1 saturated heterocycles. The summed E-state index contributed by atoms with van der Waals surface area (Å²) in [6.45, 7) is 9.45. The molecular formula is C27H33FN8O2. The first kappa shape index (κ1) is 25.7. The molecule has 1 amide bonds. The molecule has 11 heteroatoms. The zero-order valence-electron chi connectivity index (χ0n) is 22.2. The highest BCUT2D eigenvalue weighted by molar-refractivity contribution is 5.68. The summed E-state index contributed by atoms with van der Waals surface area (Å²) in [5.74, 6) is 1.01. The van der Waals surface area contributed by atoms with Crippen molar-refractivity contribution in [3.8, 4) is 11.6 Å². The van der Waals surface area contributed by atoms with Gasteiger partial charge in [0.1, 0.15) is 11.4 Å². The van der Waals surface area contributed by atoms with Crippen molar-refractivity contribution in [3.05, 3.63) is 54.0 Å². The maximum Gasteiger partial charge on any atom is 0.410 e. The fraction of sp³-hybridized carbons (Fsp3) is 0.481. The summed E-state index contributed by atoms with van der Waals surface area (Å²) in [5, 5.41) is 3.44. The highest BCUT2D eigenvalue weighted by Crippen LogP contribution is 2.33. The molecule has 0 aromatic carbocycles. The summed E-state index contributed by atoms with van der Waals surface area (Å²) in [4.78, 5) is 38.0. The molecule has 3 aromatic rings. The fourth-order valence-electron chi connectivity index (χ4n) is 4.88. The minimum atomic E-state index is -0.540. The van der Waals surface area contributed by atoms with Gasteiger partial charge in [-0.2, -0.15) is 4.39 Å². The first-order valence-electron chi connectivity index (χ1n) is 13.0. The number of carbonyl (C=O) groups is 1. The van der Waals surface area contributed by atoms with E-state index in [0.29, 0.717) is 49.2 Å². The van der Waals surface area contributed by atoms with Crippen molar-refractivity contribution in [1.82, 2.24) is 29.8 Å². The first-order valence-corrected chi connectivity index (χ1v) is 13.0. The second-order valence-electron chi connectivity index (χ2n) is 10.7. The van der Waals surface area contributed by atoms with Crippen LogP contribution in [0.15, 0.2) is 36.8 Å². The normalized spacial score (nSPS) is 18.2. The predicted octanol–water partition coefficient (Wildman–Crippen LogP) is 4.40. The molecule has 10 nitrogen and oxygen atoms in total. The van der Waals surface area contributed by atoms with Gasteiger partial charge in [-0.05, 0) is 46.6 Å². The number of aromatic nitrogens is 5. The summed E-state index contributed by atoms with van der Waals surface area (Å²) in [6, 6.07) is 5.10. The zero-order valence-corrected chi connectivity index (χ0v) is 22.2. The Morgan fingerprint density at radius 2 is 1.79 bits per heavy atom. The van der Waals surface area contributed by atoms with Crippen LogP contribution in [0.2, 0.25) is 0 Å². The number of anilines is 2. The van der Waals surface area contributed by atoms with Crippen LogP contribution in [-0.2, 0) is 11.2 Å². The molecule has 0 radical (unpaired) electrons. The Bertz CT molecular complexity index is 1290. The number of nitrogens with one attached hydrogen (secondary N) is 1. The first-order chi connectivity index (χ1) is 18.2. The van der Waals surface area contributed by atoms with Gasteiger partial charge in [-0.15, -0.1) is 0 Å². The topological polar surface area (TPSA) is 109 Å². The Labute approximate surface area is 221 Å². The van der Waals surface area contributed by atoms with Crippen LogP contribution in [0.3, 0.4) is 0 Å². The number of ether oxygens (including phenoxy) is 1. The third kappa shape index (κ3) is 5.81. The minimum absolute atomic E-state index is 0.0799. The Morgan fingerprint density at radius 3 is 2.50 bits per heavy atom. The number of hydrogen-bond acceptors (Lipinski definition) is 9. The van der Waals surface area contributed by atoms with E-state index < -0.39 is 11.5 Å². The highest BCUT2D eigenvalue weighted by Gasteiger charge is 2.29. The monoisotopic (exact) mass is 520 g/mol. The molecule has 0 spiro atoms. The number of hydrogen-bond donors (Lipinski definition) is 1. The molecular weight excluding hydrogens is 487 g/mol. The van der Waals surface area contributed by atoms with Gasteiger partial charge in [0.2, 0.25) is 5.95 Å². The Morgan fingerprint density at radius 1 is 1.05 bits per heavy atom. The van der Waals surface area contributed by atoms with Crippen LogP contribution >= 0.6 is 0 Å². The summed E-state index contributed by atoms with van der Waals surface area (Å²) in [6.07, 6.45) is 7.02. The van der Waals surface area contributed by atoms with E-state index >= 15 is 0 Å². The number of pyridine rings is 1. The van der Waals surface area contributed by atoms with Crippen molar-refractivity contribution in [3.63, 3.8) is 0 Å². The lowest BCUT2D eigenvalue weighted by Crippen LogP contribution is -2.44. The molecule has 2 aliphatic rings. The molecule has 1 unspecified atom stereocenters. The molecule has 0 saturated carbocycles. The Balaban J connectivity index is 1.26. The molecule has 3 aromatic heterocycles. The van der Waals surface area contributed by atoms with Crippen LogP contribution < -0.4 is 10.2 Å². The number of piperidine rings is 1. The summed E-state index contributed by atoms with van der Waals surface area (Å²) < 4.78 is 20.1. The van der Waals surface area contributed by atoms with Crippen molar-refractivity contribution in [2.75, 3.05) is 29.9 Å². The molecule has 0 aliphatic carbocycles. The van der Waals surface area contributed by atoms with Crippen LogP contribution in [0.1, 0.15) is 57.8 Å². The van der Waals surface area contributed by atoms with Gasteiger partial charge in [-0.3, -0.25) is 0 Å². The van der Waals surface area contributed by atoms with E-state index in [1.165, 1.54) is 6.07 Å². The van der Waals surface area contributed by atoms with Crippen LogP contribution in [0.25, 0.3) is 11.6 Å². The number of likely N-dealkylation sites (tertiary alicyclic amines) is 1. The maximum absolute atomic E-state index is 14.6. The Hall–Kier alpha value is -3.89. The lowest BCUT2D eigenvalue weighted by Gasteiger charge is -2.36. The summed E-state index contributed by atoms with van der Waals surface area (Å²) in [7, 11) is 0. The molecule has 38 heavy (non-hydrogen) atoms. The van der Waals surface area contributed by atoms with Crippen molar-refractivity contribution in [2.45, 2.75) is 64.6 Å². The number of amides is 1. The van der Waals surface area contributed by atoms with E-state index in [9.17, 15) is 9.18 Å². The highest BCUT2D eigenvalue weighted by atomic mass is 19.1. The average molecular weight is 521 g/mol. The van der Waals surface area contributed by atoms with E-state index in [4.69, 9.17) is 9.72 Å². The molecule has 2 aliphatic heterocycles. The minimum Gasteiger partial charge on any atom is -0.444 e. The SMILES string of the molecule is CC1c2cnc(-c3ncccn3)nc2CCN1c1cc(NC2CCN(C(=O)OC(C)(C)C)CC2)cc(F)n1. The zero-order chi connectivity index (χ0) is 26.9. The van der Waals surface area contributed by atoms with Gasteiger partial charge < -0.3 is 19.9 Å². The molecule has 1 atom stereocenters. The molecule has 0 bridgehead atoms. The van der Waals surface area contributed by atoms with E-state index in [-0.39, 0.29) is 18.2 Å². The Kier molecular flexibility index (Phi) is 7.09. The van der Waals surface area contributed by atoms with E-state index in [0.717, 1.165) is 24.1 Å². The fourth-order valence-corrected chi connectivity index (χ4v) is 4.88. The summed E-state index contributed by atoms with van der Waals surface area (Å²) in [5.41, 5.74) is 2.08. The molecule has 5 rings (SSSR count). The van der Waals surface area contributed by atoms with Gasteiger partial charge in [0.05, 0.1) is 11.7 Å².